The van der Waals surface area contributed by atoms with Crippen molar-refractivity contribution in [3.05, 3.63) is 24.3 Å². The van der Waals surface area contributed by atoms with Gasteiger partial charge in [0.05, 0.1) is 16.3 Å². The molecule has 1 aromatic rings. The number of carbonyl (C=O) groups is 1. The topological polar surface area (TPSA) is 29.1 Å². The molecule has 1 rings (SSSR count). The van der Waals surface area contributed by atoms with Crippen LogP contribution < -0.4 is 5.32 Å². The molecule has 0 bridgehead atoms. The molecule has 0 aliphatic carbocycles. The van der Waals surface area contributed by atoms with Gasteiger partial charge in [-0.25, -0.2) is 0 Å². The Labute approximate surface area is 122 Å². The quantitative estimate of drug-likeness (QED) is 0.624. The SMILES string of the molecule is CCC(Br)C(=O)Nc1ccccc1SCC(F)(F)F. The van der Waals surface area contributed by atoms with Crippen molar-refractivity contribution in [1.82, 2.24) is 0 Å². The van der Waals surface area contributed by atoms with Crippen molar-refractivity contribution < 1.29 is 18.0 Å². The minimum Gasteiger partial charge on any atom is -0.324 e. The molecule has 0 aliphatic rings. The standard InChI is InChI=1S/C12H13BrF3NOS/c1-2-8(13)11(18)17-9-5-3-4-6-10(9)19-7-12(14,15)16/h3-6,8H,2,7H2,1H3,(H,17,18). The van der Waals surface area contributed by atoms with Gasteiger partial charge in [0.15, 0.2) is 0 Å². The number of hydrogen-bond acceptors (Lipinski definition) is 2. The van der Waals surface area contributed by atoms with Gasteiger partial charge in [0.2, 0.25) is 5.91 Å². The van der Waals surface area contributed by atoms with Crippen LogP contribution >= 0.6 is 27.7 Å². The third kappa shape index (κ3) is 5.86. The molecule has 0 spiro atoms. The highest BCUT2D eigenvalue weighted by atomic mass is 79.9. The highest BCUT2D eigenvalue weighted by molar-refractivity contribution is 9.10. The molecular formula is C12H13BrF3NOS. The summed E-state index contributed by atoms with van der Waals surface area (Å²) in [6.07, 6.45) is -3.63. The van der Waals surface area contributed by atoms with E-state index in [0.29, 0.717) is 28.8 Å². The summed E-state index contributed by atoms with van der Waals surface area (Å²) in [6, 6.07) is 6.45. The van der Waals surface area contributed by atoms with Crippen molar-refractivity contribution in [1.29, 1.82) is 0 Å². The zero-order chi connectivity index (χ0) is 14.5. The molecule has 7 heteroatoms. The highest BCUT2D eigenvalue weighted by Crippen LogP contribution is 2.32. The van der Waals surface area contributed by atoms with Crippen LogP contribution in [0.1, 0.15) is 13.3 Å². The number of amides is 1. The second kappa shape index (κ2) is 7.19. The van der Waals surface area contributed by atoms with E-state index in [1.807, 2.05) is 6.92 Å². The molecule has 2 nitrogen and oxygen atoms in total. The molecule has 0 heterocycles. The first-order valence-corrected chi connectivity index (χ1v) is 7.47. The van der Waals surface area contributed by atoms with E-state index in [1.54, 1.807) is 24.3 Å². The Morgan fingerprint density at radius 1 is 1.42 bits per heavy atom. The molecule has 1 unspecified atom stereocenters. The largest absolute Gasteiger partial charge is 0.398 e. The first-order valence-electron chi connectivity index (χ1n) is 5.57. The van der Waals surface area contributed by atoms with Crippen LogP contribution in [0.25, 0.3) is 0 Å². The van der Waals surface area contributed by atoms with Crippen LogP contribution in [0, 0.1) is 0 Å². The fourth-order valence-corrected chi connectivity index (χ4v) is 2.13. The number of rotatable bonds is 5. The molecule has 0 aromatic heterocycles. The lowest BCUT2D eigenvalue weighted by Crippen LogP contribution is -2.22. The summed E-state index contributed by atoms with van der Waals surface area (Å²) < 4.78 is 36.6. The zero-order valence-electron chi connectivity index (χ0n) is 10.1. The average molecular weight is 356 g/mol. The van der Waals surface area contributed by atoms with E-state index in [9.17, 15) is 18.0 Å². The van der Waals surface area contributed by atoms with Gasteiger partial charge in [-0.2, -0.15) is 13.2 Å². The summed E-state index contributed by atoms with van der Waals surface area (Å²) in [5.74, 6) is -1.24. The van der Waals surface area contributed by atoms with Crippen LogP contribution in [0.15, 0.2) is 29.2 Å². The molecule has 0 saturated heterocycles. The summed E-state index contributed by atoms with van der Waals surface area (Å²) in [4.78, 5) is 11.8. The predicted molar refractivity (Wildman–Crippen MR) is 74.9 cm³/mol. The number of nitrogens with one attached hydrogen (secondary N) is 1. The fourth-order valence-electron chi connectivity index (χ4n) is 1.25. The van der Waals surface area contributed by atoms with Gasteiger partial charge in [-0.15, -0.1) is 11.8 Å². The van der Waals surface area contributed by atoms with Crippen molar-refractivity contribution in [2.45, 2.75) is 29.2 Å². The molecule has 19 heavy (non-hydrogen) atoms. The molecular weight excluding hydrogens is 343 g/mol. The Kier molecular flexibility index (Phi) is 6.19. The smallest absolute Gasteiger partial charge is 0.324 e. The lowest BCUT2D eigenvalue weighted by atomic mass is 10.3. The maximum absolute atomic E-state index is 12.2. The highest BCUT2D eigenvalue weighted by Gasteiger charge is 2.27. The molecule has 0 aliphatic heterocycles. The Morgan fingerprint density at radius 2 is 2.05 bits per heavy atom. The summed E-state index contributed by atoms with van der Waals surface area (Å²) in [7, 11) is 0. The Bertz CT molecular complexity index is 439. The number of alkyl halides is 4. The van der Waals surface area contributed by atoms with E-state index in [-0.39, 0.29) is 10.7 Å². The number of anilines is 1. The first-order chi connectivity index (χ1) is 8.83. The van der Waals surface area contributed by atoms with Crippen LogP contribution in [0.5, 0.6) is 0 Å². The molecule has 0 radical (unpaired) electrons. The van der Waals surface area contributed by atoms with Gasteiger partial charge in [0.1, 0.15) is 0 Å². The average Bonchev–Trinajstić information content (AvgIpc) is 2.35. The van der Waals surface area contributed by atoms with Crippen molar-refractivity contribution in [3.8, 4) is 0 Å². The lowest BCUT2D eigenvalue weighted by molar-refractivity contribution is -0.115. The summed E-state index contributed by atoms with van der Waals surface area (Å²) in [5.41, 5.74) is 0.402. The minimum atomic E-state index is -4.23. The maximum Gasteiger partial charge on any atom is 0.398 e. The summed E-state index contributed by atoms with van der Waals surface area (Å²) in [6.45, 7) is 1.84. The molecule has 0 saturated carbocycles. The second-order valence-corrected chi connectivity index (χ2v) is 5.89. The van der Waals surface area contributed by atoms with Gasteiger partial charge in [-0.05, 0) is 18.6 Å². The Balaban J connectivity index is 2.76. The van der Waals surface area contributed by atoms with E-state index in [2.05, 4.69) is 21.2 Å². The van der Waals surface area contributed by atoms with Gasteiger partial charge in [0.25, 0.3) is 0 Å². The van der Waals surface area contributed by atoms with Crippen molar-refractivity contribution in [3.63, 3.8) is 0 Å². The van der Waals surface area contributed by atoms with Crippen LogP contribution in [-0.4, -0.2) is 22.7 Å². The Hall–Kier alpha value is -0.690. The Morgan fingerprint density at radius 3 is 2.63 bits per heavy atom. The van der Waals surface area contributed by atoms with E-state index in [0.717, 1.165) is 0 Å². The van der Waals surface area contributed by atoms with Crippen molar-refractivity contribution in [2.24, 2.45) is 0 Å². The van der Waals surface area contributed by atoms with Gasteiger partial charge in [-0.3, -0.25) is 4.79 Å². The van der Waals surface area contributed by atoms with Crippen LogP contribution in [0.4, 0.5) is 18.9 Å². The molecule has 106 valence electrons. The number of carbonyl (C=O) groups excluding carboxylic acids is 1. The third-order valence-corrected chi connectivity index (χ3v) is 4.38. The number of halogens is 4. The van der Waals surface area contributed by atoms with Gasteiger partial charge >= 0.3 is 6.18 Å². The van der Waals surface area contributed by atoms with E-state index < -0.39 is 11.9 Å². The fraction of sp³-hybridized carbons (Fsp3) is 0.417. The predicted octanol–water partition coefficient (Wildman–Crippen LogP) is 4.45. The summed E-state index contributed by atoms with van der Waals surface area (Å²) >= 11 is 3.86. The van der Waals surface area contributed by atoms with E-state index >= 15 is 0 Å². The van der Waals surface area contributed by atoms with Gasteiger partial charge < -0.3 is 5.32 Å². The van der Waals surface area contributed by atoms with Crippen LogP contribution in [0.3, 0.4) is 0 Å². The molecule has 1 N–H and O–H groups in total. The van der Waals surface area contributed by atoms with Crippen molar-refractivity contribution in [2.75, 3.05) is 11.1 Å². The van der Waals surface area contributed by atoms with Crippen molar-refractivity contribution >= 4 is 39.3 Å². The van der Waals surface area contributed by atoms with Gasteiger partial charge in [-0.1, -0.05) is 35.0 Å². The van der Waals surface area contributed by atoms with Crippen LogP contribution in [-0.2, 0) is 4.79 Å². The number of para-hydroxylation sites is 1. The number of thioether (sulfide) groups is 1. The lowest BCUT2D eigenvalue weighted by Gasteiger charge is -2.13. The summed E-state index contributed by atoms with van der Waals surface area (Å²) in [5, 5.41) is 2.62. The minimum absolute atomic E-state index is 0.262. The monoisotopic (exact) mass is 355 g/mol. The molecule has 0 fully saturated rings. The maximum atomic E-state index is 12.2. The normalized spacial score (nSPS) is 13.1. The number of hydrogen-bond donors (Lipinski definition) is 1. The molecule has 1 amide bonds. The molecule has 1 atom stereocenters. The second-order valence-electron chi connectivity index (χ2n) is 3.77. The van der Waals surface area contributed by atoms with E-state index in [1.165, 1.54) is 0 Å². The van der Waals surface area contributed by atoms with E-state index in [4.69, 9.17) is 0 Å². The molecule has 1 aromatic carbocycles. The van der Waals surface area contributed by atoms with Crippen LogP contribution in [0.2, 0.25) is 0 Å². The first kappa shape index (κ1) is 16.4. The zero-order valence-corrected chi connectivity index (χ0v) is 12.5. The van der Waals surface area contributed by atoms with Gasteiger partial charge in [0, 0.05) is 4.90 Å². The third-order valence-electron chi connectivity index (χ3n) is 2.18. The number of benzene rings is 1.